The lowest BCUT2D eigenvalue weighted by atomic mass is 10.4. The molecule has 0 aliphatic rings. The first-order valence-electron chi connectivity index (χ1n) is 4.70. The number of amides is 1. The summed E-state index contributed by atoms with van der Waals surface area (Å²) in [5, 5.41) is 5.82. The van der Waals surface area contributed by atoms with E-state index < -0.39 is 0 Å². The minimum absolute atomic E-state index is 0.0501. The number of nitrogens with one attached hydrogen (secondary N) is 2. The topological polar surface area (TPSA) is 66.9 Å². The predicted molar refractivity (Wildman–Crippen MR) is 66.5 cm³/mol. The number of rotatable bonds is 5. The van der Waals surface area contributed by atoms with Gasteiger partial charge in [-0.1, -0.05) is 0 Å². The molecule has 82 valence electrons. The smallest absolute Gasteiger partial charge is 0.221 e. The molecule has 2 N–H and O–H groups in total. The number of aromatic nitrogens is 2. The SMILES string of the molecule is CCNC(=O)CCNc1ncncc1I. The largest absolute Gasteiger partial charge is 0.369 e. The molecule has 0 fully saturated rings. The molecule has 0 atom stereocenters. The van der Waals surface area contributed by atoms with Crippen LogP contribution in [0, 0.1) is 3.57 Å². The molecule has 1 rings (SSSR count). The Morgan fingerprint density at radius 1 is 1.60 bits per heavy atom. The zero-order valence-corrected chi connectivity index (χ0v) is 10.6. The highest BCUT2D eigenvalue weighted by Gasteiger charge is 2.01. The number of hydrogen-bond donors (Lipinski definition) is 2. The fourth-order valence-electron chi connectivity index (χ4n) is 1.02. The number of halogens is 1. The average molecular weight is 320 g/mol. The number of hydrogen-bond acceptors (Lipinski definition) is 4. The summed E-state index contributed by atoms with van der Waals surface area (Å²) in [5.41, 5.74) is 0. The zero-order chi connectivity index (χ0) is 11.1. The molecule has 1 aromatic heterocycles. The Bertz CT molecular complexity index is 332. The summed E-state index contributed by atoms with van der Waals surface area (Å²) in [4.78, 5) is 19.1. The number of nitrogens with zero attached hydrogens (tertiary/aromatic N) is 2. The lowest BCUT2D eigenvalue weighted by molar-refractivity contribution is -0.120. The summed E-state index contributed by atoms with van der Waals surface area (Å²) in [5.74, 6) is 0.823. The molecule has 15 heavy (non-hydrogen) atoms. The summed E-state index contributed by atoms with van der Waals surface area (Å²) in [7, 11) is 0. The first-order chi connectivity index (χ1) is 7.24. The second kappa shape index (κ2) is 6.54. The highest BCUT2D eigenvalue weighted by molar-refractivity contribution is 14.1. The van der Waals surface area contributed by atoms with E-state index in [0.29, 0.717) is 19.5 Å². The van der Waals surface area contributed by atoms with Gasteiger partial charge >= 0.3 is 0 Å². The van der Waals surface area contributed by atoms with Crippen molar-refractivity contribution >= 4 is 34.3 Å². The minimum Gasteiger partial charge on any atom is -0.369 e. The normalized spacial score (nSPS) is 9.73. The Labute approximate surface area is 102 Å². The maximum atomic E-state index is 11.1. The third kappa shape index (κ3) is 4.41. The van der Waals surface area contributed by atoms with Gasteiger partial charge in [-0.2, -0.15) is 0 Å². The van der Waals surface area contributed by atoms with Crippen LogP contribution in [0.25, 0.3) is 0 Å². The average Bonchev–Trinajstić information content (AvgIpc) is 2.21. The second-order valence-corrected chi connectivity index (χ2v) is 4.01. The first-order valence-corrected chi connectivity index (χ1v) is 5.78. The van der Waals surface area contributed by atoms with Gasteiger partial charge in [0.25, 0.3) is 0 Å². The van der Waals surface area contributed by atoms with Gasteiger partial charge in [-0.15, -0.1) is 0 Å². The predicted octanol–water partition coefficient (Wildman–Crippen LogP) is 1.02. The van der Waals surface area contributed by atoms with Crippen molar-refractivity contribution in [1.29, 1.82) is 0 Å². The van der Waals surface area contributed by atoms with Crippen LogP contribution in [0.15, 0.2) is 12.5 Å². The van der Waals surface area contributed by atoms with Crippen molar-refractivity contribution < 1.29 is 4.79 Å². The van der Waals surface area contributed by atoms with Gasteiger partial charge in [0.15, 0.2) is 0 Å². The number of carbonyl (C=O) groups is 1. The zero-order valence-electron chi connectivity index (χ0n) is 8.46. The Hall–Kier alpha value is -0.920. The molecule has 0 bridgehead atoms. The van der Waals surface area contributed by atoms with E-state index in [0.717, 1.165) is 9.39 Å². The van der Waals surface area contributed by atoms with Gasteiger partial charge in [-0.3, -0.25) is 4.79 Å². The Morgan fingerprint density at radius 3 is 3.07 bits per heavy atom. The summed E-state index contributed by atoms with van der Waals surface area (Å²) < 4.78 is 0.950. The van der Waals surface area contributed by atoms with Crippen molar-refractivity contribution in [2.24, 2.45) is 0 Å². The molecular weight excluding hydrogens is 307 g/mol. The molecule has 0 spiro atoms. The van der Waals surface area contributed by atoms with Crippen molar-refractivity contribution in [2.75, 3.05) is 18.4 Å². The molecule has 0 saturated carbocycles. The molecule has 6 heteroatoms. The number of anilines is 1. The quantitative estimate of drug-likeness (QED) is 0.795. The summed E-state index contributed by atoms with van der Waals surface area (Å²) in [6, 6.07) is 0. The molecule has 0 unspecified atom stereocenters. The second-order valence-electron chi connectivity index (χ2n) is 2.85. The van der Waals surface area contributed by atoms with E-state index >= 15 is 0 Å². The lowest BCUT2D eigenvalue weighted by Gasteiger charge is -2.06. The van der Waals surface area contributed by atoms with Crippen molar-refractivity contribution in [3.8, 4) is 0 Å². The van der Waals surface area contributed by atoms with Crippen LogP contribution in [0.1, 0.15) is 13.3 Å². The molecule has 5 nitrogen and oxygen atoms in total. The van der Waals surface area contributed by atoms with Crippen LogP contribution in [-0.4, -0.2) is 29.0 Å². The highest BCUT2D eigenvalue weighted by Crippen LogP contribution is 2.11. The van der Waals surface area contributed by atoms with E-state index in [1.807, 2.05) is 6.92 Å². The van der Waals surface area contributed by atoms with Crippen LogP contribution in [0.4, 0.5) is 5.82 Å². The van der Waals surface area contributed by atoms with Gasteiger partial charge in [0.2, 0.25) is 5.91 Å². The molecule has 0 radical (unpaired) electrons. The van der Waals surface area contributed by atoms with Gasteiger partial charge in [0.1, 0.15) is 12.1 Å². The molecule has 0 saturated heterocycles. The Kier molecular flexibility index (Phi) is 5.30. The van der Waals surface area contributed by atoms with Crippen molar-refractivity contribution in [1.82, 2.24) is 15.3 Å². The Morgan fingerprint density at radius 2 is 2.40 bits per heavy atom. The van der Waals surface area contributed by atoms with Crippen LogP contribution in [0.2, 0.25) is 0 Å². The van der Waals surface area contributed by atoms with E-state index in [1.165, 1.54) is 6.33 Å². The van der Waals surface area contributed by atoms with Crippen LogP contribution >= 0.6 is 22.6 Å². The van der Waals surface area contributed by atoms with E-state index in [9.17, 15) is 4.79 Å². The molecule has 0 aromatic carbocycles. The number of carbonyl (C=O) groups excluding carboxylic acids is 1. The van der Waals surface area contributed by atoms with Gasteiger partial charge in [0, 0.05) is 25.7 Å². The molecular formula is C9H13IN4O. The monoisotopic (exact) mass is 320 g/mol. The summed E-state index contributed by atoms with van der Waals surface area (Å²) >= 11 is 2.15. The van der Waals surface area contributed by atoms with Crippen molar-refractivity contribution in [2.45, 2.75) is 13.3 Å². The maximum absolute atomic E-state index is 11.1. The van der Waals surface area contributed by atoms with E-state index in [4.69, 9.17) is 0 Å². The van der Waals surface area contributed by atoms with E-state index in [-0.39, 0.29) is 5.91 Å². The van der Waals surface area contributed by atoms with E-state index in [1.54, 1.807) is 6.20 Å². The van der Waals surface area contributed by atoms with Gasteiger partial charge in [-0.25, -0.2) is 9.97 Å². The first kappa shape index (κ1) is 12.2. The third-order valence-corrected chi connectivity index (χ3v) is 2.48. The van der Waals surface area contributed by atoms with E-state index in [2.05, 4.69) is 43.2 Å². The van der Waals surface area contributed by atoms with Crippen LogP contribution in [0.3, 0.4) is 0 Å². The van der Waals surface area contributed by atoms with Gasteiger partial charge in [-0.05, 0) is 29.5 Å². The van der Waals surface area contributed by atoms with Crippen LogP contribution < -0.4 is 10.6 Å². The maximum Gasteiger partial charge on any atom is 0.221 e. The molecule has 1 amide bonds. The summed E-state index contributed by atoms with van der Waals surface area (Å²) in [6.07, 6.45) is 3.66. The minimum atomic E-state index is 0.0501. The molecule has 1 aromatic rings. The highest BCUT2D eigenvalue weighted by atomic mass is 127. The molecule has 1 heterocycles. The van der Waals surface area contributed by atoms with Gasteiger partial charge in [0.05, 0.1) is 3.57 Å². The molecule has 0 aliphatic heterocycles. The van der Waals surface area contributed by atoms with Crippen molar-refractivity contribution in [3.05, 3.63) is 16.1 Å². The fraction of sp³-hybridized carbons (Fsp3) is 0.444. The van der Waals surface area contributed by atoms with Crippen molar-refractivity contribution in [3.63, 3.8) is 0 Å². The summed E-state index contributed by atoms with van der Waals surface area (Å²) in [6.45, 7) is 3.15. The van der Waals surface area contributed by atoms with Gasteiger partial charge < -0.3 is 10.6 Å². The van der Waals surface area contributed by atoms with Crippen LogP contribution in [0.5, 0.6) is 0 Å². The lowest BCUT2D eigenvalue weighted by Crippen LogP contribution is -2.25. The Balaban J connectivity index is 2.32. The molecule has 0 aliphatic carbocycles. The standard InChI is InChI=1S/C9H13IN4O/c1-2-12-8(15)3-4-13-9-7(10)5-11-6-14-9/h5-6H,2-4H2,1H3,(H,12,15)(H,11,13,14). The fourth-order valence-corrected chi connectivity index (χ4v) is 1.51. The van der Waals surface area contributed by atoms with Crippen LogP contribution in [-0.2, 0) is 4.79 Å². The third-order valence-electron chi connectivity index (χ3n) is 1.69.